The van der Waals surface area contributed by atoms with Crippen LogP contribution in [0.3, 0.4) is 0 Å². The summed E-state index contributed by atoms with van der Waals surface area (Å²) in [5, 5.41) is 7.86. The predicted octanol–water partition coefficient (Wildman–Crippen LogP) is 0.216. The van der Waals surface area contributed by atoms with Crippen molar-refractivity contribution in [3.05, 3.63) is 85.8 Å². The zero-order valence-electron chi connectivity index (χ0n) is 15.3. The van der Waals surface area contributed by atoms with Gasteiger partial charge in [-0.25, -0.2) is 4.68 Å². The number of nitrogens with zero attached hydrogens (tertiary/aromatic N) is 3. The Labute approximate surface area is 163 Å². The molecular formula is C20H17N5O4. The number of nitrogens with one attached hydrogen (secondary N) is 2. The highest BCUT2D eigenvalue weighted by Gasteiger charge is 2.10. The second-order valence-corrected chi connectivity index (χ2v) is 6.47. The van der Waals surface area contributed by atoms with Gasteiger partial charge in [0.2, 0.25) is 5.91 Å². The van der Waals surface area contributed by atoms with E-state index in [0.717, 1.165) is 4.68 Å². The first-order chi connectivity index (χ1) is 14.0. The quantitative estimate of drug-likeness (QED) is 0.472. The number of benzene rings is 2. The van der Waals surface area contributed by atoms with Crippen LogP contribution in [-0.4, -0.2) is 31.8 Å². The van der Waals surface area contributed by atoms with E-state index in [0.29, 0.717) is 21.8 Å². The van der Waals surface area contributed by atoms with E-state index >= 15 is 0 Å². The maximum Gasteiger partial charge on any atom is 0.316 e. The van der Waals surface area contributed by atoms with E-state index in [1.54, 1.807) is 48.5 Å². The van der Waals surface area contributed by atoms with Crippen LogP contribution in [0.25, 0.3) is 21.8 Å². The summed E-state index contributed by atoms with van der Waals surface area (Å²) >= 11 is 0. The van der Waals surface area contributed by atoms with Crippen LogP contribution in [0.4, 0.5) is 0 Å². The van der Waals surface area contributed by atoms with Crippen molar-refractivity contribution < 1.29 is 4.79 Å². The van der Waals surface area contributed by atoms with E-state index in [4.69, 9.17) is 0 Å². The molecule has 4 aromatic rings. The molecule has 9 nitrogen and oxygen atoms in total. The number of carbonyl (C=O) groups excluding carboxylic acids is 1. The van der Waals surface area contributed by atoms with Gasteiger partial charge < -0.3 is 14.9 Å². The average Bonchev–Trinajstić information content (AvgIpc) is 2.73. The maximum absolute atomic E-state index is 12.4. The number of fused-ring (bicyclic) bond motifs is 2. The highest BCUT2D eigenvalue weighted by molar-refractivity contribution is 5.81. The Morgan fingerprint density at radius 3 is 2.62 bits per heavy atom. The molecule has 4 rings (SSSR count). The summed E-state index contributed by atoms with van der Waals surface area (Å²) in [7, 11) is 0. The van der Waals surface area contributed by atoms with E-state index in [-0.39, 0.29) is 25.2 Å². The molecule has 29 heavy (non-hydrogen) atoms. The molecule has 0 aliphatic heterocycles. The smallest absolute Gasteiger partial charge is 0.316 e. The Kier molecular flexibility index (Phi) is 4.78. The van der Waals surface area contributed by atoms with Crippen LogP contribution in [-0.2, 0) is 17.9 Å². The summed E-state index contributed by atoms with van der Waals surface area (Å²) in [5.74, 6) is -0.419. The first-order valence-electron chi connectivity index (χ1n) is 8.98. The molecule has 0 saturated carbocycles. The third kappa shape index (κ3) is 3.57. The van der Waals surface area contributed by atoms with Gasteiger partial charge in [-0.1, -0.05) is 30.3 Å². The minimum Gasteiger partial charge on any atom is -0.353 e. The van der Waals surface area contributed by atoms with E-state index in [1.165, 1.54) is 10.8 Å². The fourth-order valence-electron chi connectivity index (χ4n) is 3.18. The lowest BCUT2D eigenvalue weighted by Gasteiger charge is -2.11. The van der Waals surface area contributed by atoms with E-state index in [1.807, 2.05) is 0 Å². The predicted molar refractivity (Wildman–Crippen MR) is 108 cm³/mol. The molecule has 0 saturated heterocycles. The molecule has 0 spiro atoms. The Morgan fingerprint density at radius 2 is 1.76 bits per heavy atom. The van der Waals surface area contributed by atoms with Gasteiger partial charge in [0.25, 0.3) is 5.56 Å². The molecule has 0 atom stereocenters. The molecule has 0 bridgehead atoms. The number of amides is 1. The van der Waals surface area contributed by atoms with Crippen LogP contribution >= 0.6 is 0 Å². The molecule has 2 heterocycles. The molecule has 2 N–H and O–H groups in total. The summed E-state index contributed by atoms with van der Waals surface area (Å²) in [6, 6.07) is 13.9. The van der Waals surface area contributed by atoms with Crippen LogP contribution in [0.5, 0.6) is 0 Å². The Morgan fingerprint density at radius 1 is 1.00 bits per heavy atom. The third-order valence-electron chi connectivity index (χ3n) is 4.60. The lowest BCUT2D eigenvalue weighted by Crippen LogP contribution is -2.40. The number of H-pyrrole nitrogens is 1. The van der Waals surface area contributed by atoms with Crippen LogP contribution in [0.15, 0.2) is 69.1 Å². The largest absolute Gasteiger partial charge is 0.353 e. The van der Waals surface area contributed by atoms with Gasteiger partial charge >= 0.3 is 11.1 Å². The molecule has 0 fully saturated rings. The zero-order chi connectivity index (χ0) is 20.4. The molecule has 0 unspecified atom stereocenters. The van der Waals surface area contributed by atoms with Gasteiger partial charge in [-0.05, 0) is 18.2 Å². The summed E-state index contributed by atoms with van der Waals surface area (Å²) in [6.45, 7) is -0.00173. The first-order valence-corrected chi connectivity index (χ1v) is 8.98. The van der Waals surface area contributed by atoms with Gasteiger partial charge in [0, 0.05) is 18.5 Å². The highest BCUT2D eigenvalue weighted by Crippen LogP contribution is 2.07. The summed E-state index contributed by atoms with van der Waals surface area (Å²) in [5.41, 5.74) is -0.656. The lowest BCUT2D eigenvalue weighted by atomic mass is 10.2. The van der Waals surface area contributed by atoms with Crippen molar-refractivity contribution in [2.24, 2.45) is 0 Å². The fraction of sp³-hybridized carbons (Fsp3) is 0.150. The Balaban J connectivity index is 1.48. The van der Waals surface area contributed by atoms with Crippen LogP contribution in [0, 0.1) is 0 Å². The third-order valence-corrected chi connectivity index (χ3v) is 4.60. The van der Waals surface area contributed by atoms with Crippen LogP contribution in [0.2, 0.25) is 0 Å². The number of carbonyl (C=O) groups is 1. The van der Waals surface area contributed by atoms with Crippen LogP contribution in [0.1, 0.15) is 0 Å². The second kappa shape index (κ2) is 7.55. The zero-order valence-corrected chi connectivity index (χ0v) is 15.3. The van der Waals surface area contributed by atoms with Crippen molar-refractivity contribution in [3.63, 3.8) is 0 Å². The van der Waals surface area contributed by atoms with Gasteiger partial charge in [-0.3, -0.25) is 19.2 Å². The molecule has 0 radical (unpaired) electrons. The molecule has 0 aliphatic rings. The maximum atomic E-state index is 12.4. The van der Waals surface area contributed by atoms with Crippen molar-refractivity contribution in [3.8, 4) is 0 Å². The van der Waals surface area contributed by atoms with Gasteiger partial charge in [0.05, 0.1) is 22.6 Å². The van der Waals surface area contributed by atoms with Crippen LogP contribution < -0.4 is 22.0 Å². The molecular weight excluding hydrogens is 374 g/mol. The minimum atomic E-state index is -0.720. The molecule has 2 aromatic heterocycles. The Bertz CT molecular complexity index is 1400. The van der Waals surface area contributed by atoms with Gasteiger partial charge in [-0.2, -0.15) is 5.10 Å². The van der Waals surface area contributed by atoms with Gasteiger partial charge in [-0.15, -0.1) is 0 Å². The summed E-state index contributed by atoms with van der Waals surface area (Å²) < 4.78 is 2.40. The number of rotatable bonds is 5. The number of hydrogen-bond acceptors (Lipinski definition) is 5. The SMILES string of the molecule is O=C(Cn1ncc2ccccc2c1=O)NCCn1c(=O)c(=O)[nH]c2ccccc21. The molecule has 146 valence electrons. The van der Waals surface area contributed by atoms with E-state index in [2.05, 4.69) is 15.4 Å². The van der Waals surface area contributed by atoms with Crippen molar-refractivity contribution in [2.45, 2.75) is 13.1 Å². The summed E-state index contributed by atoms with van der Waals surface area (Å²) in [4.78, 5) is 51.2. The minimum absolute atomic E-state index is 0.120. The number of aromatic amines is 1. The van der Waals surface area contributed by atoms with Crippen molar-refractivity contribution in [1.29, 1.82) is 0 Å². The number of para-hydroxylation sites is 2. The normalized spacial score (nSPS) is 11.0. The lowest BCUT2D eigenvalue weighted by molar-refractivity contribution is -0.121. The first kappa shape index (κ1) is 18.4. The van der Waals surface area contributed by atoms with Gasteiger partial charge in [0.1, 0.15) is 6.54 Å². The molecule has 1 amide bonds. The Hall–Kier alpha value is -4.01. The summed E-state index contributed by atoms with van der Waals surface area (Å²) in [6.07, 6.45) is 1.53. The van der Waals surface area contributed by atoms with Gasteiger partial charge in [0.15, 0.2) is 0 Å². The fourth-order valence-corrected chi connectivity index (χ4v) is 3.18. The monoisotopic (exact) mass is 391 g/mol. The van der Waals surface area contributed by atoms with Crippen molar-refractivity contribution >= 4 is 27.7 Å². The van der Waals surface area contributed by atoms with Crippen molar-refractivity contribution in [1.82, 2.24) is 24.6 Å². The topological polar surface area (TPSA) is 119 Å². The number of aromatic nitrogens is 4. The standard InChI is InChI=1S/C20H17N5O4/c26-17(12-25-19(28)14-6-2-1-5-13(14)11-22-25)21-9-10-24-16-8-4-3-7-15(16)23-18(27)20(24)29/h1-8,11H,9-10,12H2,(H,21,26)(H,23,27). The highest BCUT2D eigenvalue weighted by atomic mass is 16.2. The molecule has 2 aromatic carbocycles. The van der Waals surface area contributed by atoms with E-state index < -0.39 is 17.0 Å². The molecule has 0 aliphatic carbocycles. The van der Waals surface area contributed by atoms with E-state index in [9.17, 15) is 19.2 Å². The van der Waals surface area contributed by atoms with Crippen molar-refractivity contribution in [2.75, 3.05) is 6.54 Å². The number of hydrogen-bond donors (Lipinski definition) is 2. The average molecular weight is 391 g/mol. The molecule has 9 heteroatoms. The second-order valence-electron chi connectivity index (χ2n) is 6.47.